The predicted octanol–water partition coefficient (Wildman–Crippen LogP) is 3.25. The van der Waals surface area contributed by atoms with Crippen LogP contribution in [0.2, 0.25) is 0 Å². The van der Waals surface area contributed by atoms with Crippen molar-refractivity contribution in [3.8, 4) is 0 Å². The Kier molecular flexibility index (Phi) is 4.22. The van der Waals surface area contributed by atoms with E-state index in [-0.39, 0.29) is 6.03 Å². The largest absolute Gasteiger partial charge is 0.352 e. The summed E-state index contributed by atoms with van der Waals surface area (Å²) in [5, 5.41) is 1.31. The molecular weight excluding hydrogens is 358 g/mol. The number of hydrogen-bond donors (Lipinski definition) is 0. The van der Waals surface area contributed by atoms with E-state index in [1.54, 1.807) is 4.90 Å². The van der Waals surface area contributed by atoms with Gasteiger partial charge in [-0.15, -0.1) is 11.3 Å². The van der Waals surface area contributed by atoms with Crippen molar-refractivity contribution in [2.24, 2.45) is 0 Å². The molecule has 0 spiro atoms. The molecule has 3 aliphatic rings. The second-order valence-corrected chi connectivity index (χ2v) is 9.31. The summed E-state index contributed by atoms with van der Waals surface area (Å²) in [5.74, 6) is 2.74. The summed E-state index contributed by atoms with van der Waals surface area (Å²) >= 11 is 1.90. The van der Waals surface area contributed by atoms with Crippen LogP contribution < -0.4 is 4.90 Å². The Morgan fingerprint density at radius 1 is 1.07 bits per heavy atom. The lowest BCUT2D eigenvalue weighted by Gasteiger charge is -2.37. The third-order valence-electron chi connectivity index (χ3n) is 5.99. The van der Waals surface area contributed by atoms with Crippen LogP contribution in [-0.4, -0.2) is 66.1 Å². The van der Waals surface area contributed by atoms with Crippen LogP contribution >= 0.6 is 11.3 Å². The number of thiophene rings is 1. The van der Waals surface area contributed by atoms with Gasteiger partial charge in [-0.05, 0) is 44.1 Å². The maximum atomic E-state index is 12.3. The monoisotopic (exact) mass is 385 g/mol. The van der Waals surface area contributed by atoms with Gasteiger partial charge in [0.25, 0.3) is 0 Å². The van der Waals surface area contributed by atoms with Gasteiger partial charge in [-0.25, -0.2) is 14.8 Å². The van der Waals surface area contributed by atoms with E-state index < -0.39 is 0 Å². The fourth-order valence-electron chi connectivity index (χ4n) is 4.30. The molecule has 2 aromatic heterocycles. The molecule has 0 N–H and O–H groups in total. The number of amides is 2. The van der Waals surface area contributed by atoms with E-state index in [4.69, 9.17) is 9.97 Å². The minimum atomic E-state index is 0.106. The van der Waals surface area contributed by atoms with E-state index >= 15 is 0 Å². The number of piperazine rings is 1. The molecule has 6 nitrogen and oxygen atoms in total. The average Bonchev–Trinajstić information content (AvgIpc) is 3.47. The first kappa shape index (κ1) is 17.2. The van der Waals surface area contributed by atoms with Gasteiger partial charge in [0, 0.05) is 51.1 Å². The van der Waals surface area contributed by atoms with Gasteiger partial charge < -0.3 is 14.7 Å². The highest BCUT2D eigenvalue weighted by molar-refractivity contribution is 7.19. The Morgan fingerprint density at radius 2 is 1.81 bits per heavy atom. The Labute approximate surface area is 164 Å². The number of carbonyl (C=O) groups is 1. The molecule has 0 radical (unpaired) electrons. The number of carbonyl (C=O) groups excluding carboxylic acids is 1. The van der Waals surface area contributed by atoms with E-state index in [9.17, 15) is 4.79 Å². The number of nitrogens with zero attached hydrogens (tertiary/aromatic N) is 5. The summed E-state index contributed by atoms with van der Waals surface area (Å²) in [6.45, 7) is 3.21. The summed E-state index contributed by atoms with van der Waals surface area (Å²) in [6, 6.07) is 0.106. The molecule has 144 valence electrons. The number of urea groups is 1. The first-order valence-corrected chi connectivity index (χ1v) is 11.0. The lowest BCUT2D eigenvalue weighted by Crippen LogP contribution is -2.51. The van der Waals surface area contributed by atoms with Crippen LogP contribution in [0.4, 0.5) is 10.6 Å². The standard InChI is InChI=1S/C20H27N5OS/c1-23(2)20(26)25-11-9-24(10-12-25)18-16-14-5-3-4-6-15(14)27-19(16)22-17(21-18)13-7-8-13/h13H,3-12H2,1-2H3. The molecule has 2 fully saturated rings. The molecule has 0 atom stereocenters. The molecule has 0 bridgehead atoms. The molecule has 3 heterocycles. The van der Waals surface area contributed by atoms with Crippen molar-refractivity contribution in [1.82, 2.24) is 19.8 Å². The zero-order valence-electron chi connectivity index (χ0n) is 16.2. The maximum absolute atomic E-state index is 12.3. The third kappa shape index (κ3) is 3.06. The predicted molar refractivity (Wildman–Crippen MR) is 109 cm³/mol. The summed E-state index contributed by atoms with van der Waals surface area (Å²) in [4.78, 5) is 31.1. The molecule has 1 saturated heterocycles. The summed E-state index contributed by atoms with van der Waals surface area (Å²) in [5.41, 5.74) is 1.50. The van der Waals surface area contributed by atoms with Crippen molar-refractivity contribution < 1.29 is 4.79 Å². The number of aromatic nitrogens is 2. The first-order valence-electron chi connectivity index (χ1n) is 10.1. The van der Waals surface area contributed by atoms with E-state index in [2.05, 4.69) is 4.90 Å². The molecule has 1 aliphatic heterocycles. The first-order chi connectivity index (χ1) is 13.1. The minimum absolute atomic E-state index is 0.106. The van der Waals surface area contributed by atoms with Crippen molar-refractivity contribution in [3.05, 3.63) is 16.3 Å². The van der Waals surface area contributed by atoms with E-state index in [1.165, 1.54) is 52.8 Å². The zero-order valence-corrected chi connectivity index (χ0v) is 17.0. The van der Waals surface area contributed by atoms with E-state index in [0.717, 1.165) is 44.2 Å². The summed E-state index contributed by atoms with van der Waals surface area (Å²) in [7, 11) is 3.64. The van der Waals surface area contributed by atoms with Crippen LogP contribution in [0, 0.1) is 0 Å². The van der Waals surface area contributed by atoms with Crippen LogP contribution in [0.5, 0.6) is 0 Å². The van der Waals surface area contributed by atoms with Crippen molar-refractivity contribution in [2.75, 3.05) is 45.2 Å². The number of anilines is 1. The molecule has 5 rings (SSSR count). The van der Waals surface area contributed by atoms with Gasteiger partial charge in [-0.3, -0.25) is 0 Å². The number of hydrogen-bond acceptors (Lipinski definition) is 5. The lowest BCUT2D eigenvalue weighted by atomic mass is 9.97. The fraction of sp³-hybridized carbons (Fsp3) is 0.650. The minimum Gasteiger partial charge on any atom is -0.352 e. The molecule has 2 aliphatic carbocycles. The van der Waals surface area contributed by atoms with Crippen molar-refractivity contribution in [3.63, 3.8) is 0 Å². The smallest absolute Gasteiger partial charge is 0.319 e. The highest BCUT2D eigenvalue weighted by Gasteiger charge is 2.32. The normalized spacial score (nSPS) is 20.1. The molecule has 0 unspecified atom stereocenters. The molecule has 7 heteroatoms. The molecular formula is C20H27N5OS. The second kappa shape index (κ2) is 6.62. The van der Waals surface area contributed by atoms with Gasteiger partial charge in [0.15, 0.2) is 0 Å². The van der Waals surface area contributed by atoms with Gasteiger partial charge in [-0.2, -0.15) is 0 Å². The fourth-order valence-corrected chi connectivity index (χ4v) is 5.56. The maximum Gasteiger partial charge on any atom is 0.319 e. The Morgan fingerprint density at radius 3 is 2.52 bits per heavy atom. The summed E-state index contributed by atoms with van der Waals surface area (Å²) in [6.07, 6.45) is 7.37. The van der Waals surface area contributed by atoms with Crippen molar-refractivity contribution in [2.45, 2.75) is 44.4 Å². The molecule has 2 aromatic rings. The Balaban J connectivity index is 1.50. The SMILES string of the molecule is CN(C)C(=O)N1CCN(c2nc(C3CC3)nc3sc4c(c23)CCCC4)CC1. The molecule has 1 saturated carbocycles. The van der Waals surface area contributed by atoms with Gasteiger partial charge >= 0.3 is 6.03 Å². The second-order valence-electron chi connectivity index (χ2n) is 8.22. The van der Waals surface area contributed by atoms with E-state index in [1.807, 2.05) is 30.3 Å². The average molecular weight is 386 g/mol. The van der Waals surface area contributed by atoms with Gasteiger partial charge in [0.05, 0.1) is 5.39 Å². The van der Waals surface area contributed by atoms with Gasteiger partial charge in [0.2, 0.25) is 0 Å². The van der Waals surface area contributed by atoms with Gasteiger partial charge in [0.1, 0.15) is 16.5 Å². The molecule has 27 heavy (non-hydrogen) atoms. The van der Waals surface area contributed by atoms with E-state index in [0.29, 0.717) is 5.92 Å². The van der Waals surface area contributed by atoms with Crippen molar-refractivity contribution in [1.29, 1.82) is 0 Å². The number of rotatable bonds is 2. The highest BCUT2D eigenvalue weighted by Crippen LogP contribution is 2.44. The van der Waals surface area contributed by atoms with Crippen molar-refractivity contribution >= 4 is 33.4 Å². The van der Waals surface area contributed by atoms with Crippen LogP contribution in [-0.2, 0) is 12.8 Å². The molecule has 0 aromatic carbocycles. The number of fused-ring (bicyclic) bond motifs is 3. The third-order valence-corrected chi connectivity index (χ3v) is 7.17. The van der Waals surface area contributed by atoms with Gasteiger partial charge in [-0.1, -0.05) is 0 Å². The number of aryl methyl sites for hydroxylation is 2. The van der Waals surface area contributed by atoms with Crippen LogP contribution in [0.1, 0.15) is 47.9 Å². The topological polar surface area (TPSA) is 52.6 Å². The van der Waals surface area contributed by atoms with Crippen LogP contribution in [0.3, 0.4) is 0 Å². The molecule has 2 amide bonds. The summed E-state index contributed by atoms with van der Waals surface area (Å²) < 4.78 is 0. The van der Waals surface area contributed by atoms with Crippen LogP contribution in [0.25, 0.3) is 10.2 Å². The highest BCUT2D eigenvalue weighted by atomic mass is 32.1. The zero-order chi connectivity index (χ0) is 18.5. The quantitative estimate of drug-likeness (QED) is 0.796. The van der Waals surface area contributed by atoms with Crippen LogP contribution in [0.15, 0.2) is 0 Å². The Hall–Kier alpha value is -1.89. The Bertz CT molecular complexity index is 880. The lowest BCUT2D eigenvalue weighted by molar-refractivity contribution is 0.168.